The minimum absolute atomic E-state index is 0.0997. The molecule has 0 fully saturated rings. The third-order valence-electron chi connectivity index (χ3n) is 2.55. The van der Waals surface area contributed by atoms with Crippen LogP contribution in [-0.2, 0) is 0 Å². The van der Waals surface area contributed by atoms with Gasteiger partial charge in [-0.3, -0.25) is 4.79 Å². The Balaban J connectivity index is 1.97. The van der Waals surface area contributed by atoms with E-state index in [9.17, 15) is 4.79 Å². The number of carbonyl (C=O) groups excluding carboxylic acids is 1. The van der Waals surface area contributed by atoms with E-state index in [1.165, 1.54) is 30.5 Å². The van der Waals surface area contributed by atoms with Crippen molar-refractivity contribution < 1.29 is 9.90 Å². The van der Waals surface area contributed by atoms with Crippen LogP contribution >= 0.6 is 0 Å². The summed E-state index contributed by atoms with van der Waals surface area (Å²) in [5, 5.41) is 21.6. The van der Waals surface area contributed by atoms with Crippen LogP contribution in [0.2, 0.25) is 0 Å². The molecule has 2 aromatic rings. The van der Waals surface area contributed by atoms with Gasteiger partial charge in [0.25, 0.3) is 5.91 Å². The number of hydrogen-bond acceptors (Lipinski definition) is 4. The quantitative estimate of drug-likeness (QED) is 0.657. The molecule has 0 radical (unpaired) electrons. The Kier molecular flexibility index (Phi) is 4.10. The molecule has 0 unspecified atom stereocenters. The zero-order valence-electron chi connectivity index (χ0n) is 10.4. The molecule has 0 aromatic heterocycles. The number of nitriles is 1. The van der Waals surface area contributed by atoms with Crippen LogP contribution in [0.5, 0.6) is 5.75 Å². The van der Waals surface area contributed by atoms with E-state index >= 15 is 0 Å². The van der Waals surface area contributed by atoms with E-state index in [-0.39, 0.29) is 11.7 Å². The lowest BCUT2D eigenvalue weighted by molar-refractivity contribution is 0.0955. The highest BCUT2D eigenvalue weighted by molar-refractivity contribution is 5.94. The predicted molar refractivity (Wildman–Crippen MR) is 74.3 cm³/mol. The number of carbonyl (C=O) groups is 1. The van der Waals surface area contributed by atoms with Crippen LogP contribution < -0.4 is 5.43 Å². The normalized spacial score (nSPS) is 10.2. The smallest absolute Gasteiger partial charge is 0.271 e. The van der Waals surface area contributed by atoms with E-state index < -0.39 is 0 Å². The number of benzene rings is 2. The Morgan fingerprint density at radius 2 is 1.80 bits per heavy atom. The molecule has 0 aliphatic carbocycles. The van der Waals surface area contributed by atoms with E-state index in [0.717, 1.165) is 5.56 Å². The van der Waals surface area contributed by atoms with Gasteiger partial charge < -0.3 is 5.11 Å². The zero-order chi connectivity index (χ0) is 14.4. The minimum Gasteiger partial charge on any atom is -0.508 e. The summed E-state index contributed by atoms with van der Waals surface area (Å²) in [6.07, 6.45) is 1.49. The molecule has 0 aliphatic heterocycles. The molecule has 1 amide bonds. The van der Waals surface area contributed by atoms with Crippen LogP contribution in [0, 0.1) is 11.3 Å². The van der Waals surface area contributed by atoms with E-state index in [0.29, 0.717) is 11.1 Å². The molecule has 0 atom stereocenters. The number of hydrazone groups is 1. The third-order valence-corrected chi connectivity index (χ3v) is 2.55. The molecule has 5 nitrogen and oxygen atoms in total. The average molecular weight is 265 g/mol. The molecule has 0 saturated heterocycles. The third kappa shape index (κ3) is 3.43. The second-order valence-electron chi connectivity index (χ2n) is 3.98. The lowest BCUT2D eigenvalue weighted by Gasteiger charge is -1.99. The topological polar surface area (TPSA) is 85.5 Å². The first-order valence-electron chi connectivity index (χ1n) is 5.81. The first-order valence-corrected chi connectivity index (χ1v) is 5.81. The van der Waals surface area contributed by atoms with Crippen LogP contribution in [-0.4, -0.2) is 17.2 Å². The zero-order valence-corrected chi connectivity index (χ0v) is 10.4. The number of rotatable bonds is 3. The molecule has 5 heteroatoms. The first-order chi connectivity index (χ1) is 9.69. The van der Waals surface area contributed by atoms with E-state index in [1.807, 2.05) is 6.07 Å². The Morgan fingerprint density at radius 3 is 2.40 bits per heavy atom. The van der Waals surface area contributed by atoms with E-state index in [4.69, 9.17) is 10.4 Å². The molecule has 98 valence electrons. The lowest BCUT2D eigenvalue weighted by atomic mass is 10.2. The van der Waals surface area contributed by atoms with Gasteiger partial charge in [-0.15, -0.1) is 0 Å². The van der Waals surface area contributed by atoms with Crippen molar-refractivity contribution in [2.24, 2.45) is 5.10 Å². The fourth-order valence-electron chi connectivity index (χ4n) is 1.49. The Labute approximate surface area is 115 Å². The van der Waals surface area contributed by atoms with Gasteiger partial charge in [0.15, 0.2) is 0 Å². The number of phenols is 1. The molecular formula is C15H11N3O2. The average Bonchev–Trinajstić information content (AvgIpc) is 2.48. The van der Waals surface area contributed by atoms with Crippen molar-refractivity contribution in [2.75, 3.05) is 0 Å². The molecule has 0 heterocycles. The minimum atomic E-state index is -0.366. The van der Waals surface area contributed by atoms with Gasteiger partial charge in [0.1, 0.15) is 5.75 Å². The SMILES string of the molecule is N#Cc1ccc(/C=N/NC(=O)c2ccc(O)cc2)cc1. The van der Waals surface area contributed by atoms with Gasteiger partial charge in [-0.25, -0.2) is 5.43 Å². The molecule has 0 saturated carbocycles. The molecule has 2 aromatic carbocycles. The van der Waals surface area contributed by atoms with Gasteiger partial charge in [-0.05, 0) is 42.0 Å². The first kappa shape index (κ1) is 13.3. The molecule has 0 spiro atoms. The lowest BCUT2D eigenvalue weighted by Crippen LogP contribution is -2.17. The summed E-state index contributed by atoms with van der Waals surface area (Å²) in [7, 11) is 0. The Bertz CT molecular complexity index is 668. The summed E-state index contributed by atoms with van der Waals surface area (Å²) in [6, 6.07) is 14.7. The fraction of sp³-hybridized carbons (Fsp3) is 0. The molecule has 20 heavy (non-hydrogen) atoms. The number of amides is 1. The molecule has 0 bridgehead atoms. The second-order valence-corrected chi connectivity index (χ2v) is 3.98. The summed E-state index contributed by atoms with van der Waals surface area (Å²) in [5.41, 5.74) is 4.12. The van der Waals surface area contributed by atoms with E-state index in [2.05, 4.69) is 10.5 Å². The van der Waals surface area contributed by atoms with Crippen molar-refractivity contribution in [3.8, 4) is 11.8 Å². The van der Waals surface area contributed by atoms with Crippen molar-refractivity contribution in [3.05, 3.63) is 65.2 Å². The monoisotopic (exact) mass is 265 g/mol. The standard InChI is InChI=1S/C15H11N3O2/c16-9-11-1-3-12(4-2-11)10-17-18-15(20)13-5-7-14(19)8-6-13/h1-8,10,19H,(H,18,20)/b17-10+. The van der Waals surface area contributed by atoms with Crippen molar-refractivity contribution in [1.29, 1.82) is 5.26 Å². The number of aromatic hydroxyl groups is 1. The van der Waals surface area contributed by atoms with Gasteiger partial charge in [-0.1, -0.05) is 12.1 Å². The maximum atomic E-state index is 11.7. The van der Waals surface area contributed by atoms with Crippen LogP contribution in [0.1, 0.15) is 21.5 Å². The highest BCUT2D eigenvalue weighted by Gasteiger charge is 2.03. The van der Waals surface area contributed by atoms with Gasteiger partial charge in [0.05, 0.1) is 17.8 Å². The van der Waals surface area contributed by atoms with Crippen molar-refractivity contribution in [1.82, 2.24) is 5.43 Å². The number of nitrogens with zero attached hydrogens (tertiary/aromatic N) is 2. The molecule has 2 rings (SSSR count). The van der Waals surface area contributed by atoms with Crippen molar-refractivity contribution >= 4 is 12.1 Å². The predicted octanol–water partition coefficient (Wildman–Crippen LogP) is 2.03. The van der Waals surface area contributed by atoms with Crippen molar-refractivity contribution in [3.63, 3.8) is 0 Å². The highest BCUT2D eigenvalue weighted by atomic mass is 16.3. The summed E-state index contributed by atoms with van der Waals surface area (Å²) >= 11 is 0. The van der Waals surface area contributed by atoms with E-state index in [1.54, 1.807) is 24.3 Å². The van der Waals surface area contributed by atoms with Crippen LogP contribution in [0.25, 0.3) is 0 Å². The summed E-state index contributed by atoms with van der Waals surface area (Å²) in [6.45, 7) is 0. The fourth-order valence-corrected chi connectivity index (χ4v) is 1.49. The Morgan fingerprint density at radius 1 is 1.15 bits per heavy atom. The maximum absolute atomic E-state index is 11.7. The molecule has 2 N–H and O–H groups in total. The largest absolute Gasteiger partial charge is 0.508 e. The van der Waals surface area contributed by atoms with Gasteiger partial charge in [-0.2, -0.15) is 10.4 Å². The van der Waals surface area contributed by atoms with Crippen molar-refractivity contribution in [2.45, 2.75) is 0 Å². The summed E-state index contributed by atoms with van der Waals surface area (Å²) in [4.78, 5) is 11.7. The van der Waals surface area contributed by atoms with Crippen LogP contribution in [0.4, 0.5) is 0 Å². The van der Waals surface area contributed by atoms with Crippen LogP contribution in [0.15, 0.2) is 53.6 Å². The molecular weight excluding hydrogens is 254 g/mol. The molecule has 0 aliphatic rings. The second kappa shape index (κ2) is 6.16. The highest BCUT2D eigenvalue weighted by Crippen LogP contribution is 2.09. The summed E-state index contributed by atoms with van der Waals surface area (Å²) < 4.78 is 0. The Hall–Kier alpha value is -3.13. The van der Waals surface area contributed by atoms with Gasteiger partial charge >= 0.3 is 0 Å². The number of phenolic OH excluding ortho intramolecular Hbond substituents is 1. The summed E-state index contributed by atoms with van der Waals surface area (Å²) in [5.74, 6) is -0.266. The maximum Gasteiger partial charge on any atom is 0.271 e. The van der Waals surface area contributed by atoms with Gasteiger partial charge in [0.2, 0.25) is 0 Å². The van der Waals surface area contributed by atoms with Gasteiger partial charge in [0, 0.05) is 5.56 Å². The number of nitrogens with one attached hydrogen (secondary N) is 1. The van der Waals surface area contributed by atoms with Crippen LogP contribution in [0.3, 0.4) is 0 Å². The number of hydrogen-bond donors (Lipinski definition) is 2.